The Morgan fingerprint density at radius 2 is 1.97 bits per heavy atom. The number of nitrogens with zero attached hydrogens (tertiary/aromatic N) is 2. The van der Waals surface area contributed by atoms with Crippen molar-refractivity contribution in [3.63, 3.8) is 0 Å². The molecule has 0 aromatic carbocycles. The Balaban J connectivity index is 1.47. The van der Waals surface area contributed by atoms with Crippen molar-refractivity contribution in [2.75, 3.05) is 0 Å². The highest BCUT2D eigenvalue weighted by atomic mass is 19.4. The van der Waals surface area contributed by atoms with Crippen LogP contribution in [0.2, 0.25) is 0 Å². The molecule has 8 heteroatoms. The molecular weight excluding hydrogens is 455 g/mol. The molecular formula is C27H40F3N3O2. The minimum atomic E-state index is -4.48. The number of halogens is 3. The Morgan fingerprint density at radius 3 is 2.63 bits per heavy atom. The van der Waals surface area contributed by atoms with Gasteiger partial charge < -0.3 is 10.5 Å². The van der Waals surface area contributed by atoms with Gasteiger partial charge in [0.15, 0.2) is 5.78 Å². The van der Waals surface area contributed by atoms with E-state index < -0.39 is 17.3 Å². The molecule has 1 heterocycles. The summed E-state index contributed by atoms with van der Waals surface area (Å²) in [6, 6.07) is 0. The molecule has 3 saturated carbocycles. The second-order valence-electron chi connectivity index (χ2n) is 12.4. The second-order valence-corrected chi connectivity index (χ2v) is 12.4. The van der Waals surface area contributed by atoms with Crippen molar-refractivity contribution in [1.29, 1.82) is 5.41 Å². The number of nitrogens with one attached hydrogen (secondary N) is 1. The van der Waals surface area contributed by atoms with Crippen LogP contribution in [-0.4, -0.2) is 32.5 Å². The minimum absolute atomic E-state index is 0.000842. The van der Waals surface area contributed by atoms with Crippen molar-refractivity contribution in [1.82, 2.24) is 9.78 Å². The SMILES string of the molecule is C[C@@]1(O)CC[C@]2(C)[C@@H](CC[C@@]3(C)[C@H](C=N)CC[C@@H]3C(=O)Cn3cc(C(F)(F)F)cn3)CCC[C@@H]2C1. The Labute approximate surface area is 206 Å². The van der Waals surface area contributed by atoms with Crippen LogP contribution in [0.15, 0.2) is 12.4 Å². The van der Waals surface area contributed by atoms with Crippen molar-refractivity contribution in [2.45, 2.75) is 103 Å². The van der Waals surface area contributed by atoms with Gasteiger partial charge in [0.2, 0.25) is 0 Å². The third kappa shape index (κ3) is 5.09. The van der Waals surface area contributed by atoms with E-state index in [4.69, 9.17) is 5.41 Å². The molecule has 2 N–H and O–H groups in total. The van der Waals surface area contributed by atoms with Gasteiger partial charge in [-0.15, -0.1) is 0 Å². The van der Waals surface area contributed by atoms with Crippen LogP contribution in [0.4, 0.5) is 13.2 Å². The summed E-state index contributed by atoms with van der Waals surface area (Å²) in [5.41, 5.74) is -1.60. The predicted molar refractivity (Wildman–Crippen MR) is 128 cm³/mol. The van der Waals surface area contributed by atoms with E-state index in [0.29, 0.717) is 18.3 Å². The third-order valence-corrected chi connectivity index (χ3v) is 10.2. The molecule has 5 nitrogen and oxygen atoms in total. The van der Waals surface area contributed by atoms with Crippen LogP contribution in [0.3, 0.4) is 0 Å². The van der Waals surface area contributed by atoms with E-state index in [9.17, 15) is 23.1 Å². The Bertz CT molecular complexity index is 942. The van der Waals surface area contributed by atoms with E-state index in [1.165, 1.54) is 6.21 Å². The Hall–Kier alpha value is -1.70. The molecule has 4 rings (SSSR count). The number of Topliss-reactive ketones (excluding diaryl/α,β-unsaturated/α-hetero) is 1. The number of ketones is 1. The van der Waals surface area contributed by atoms with Gasteiger partial charge >= 0.3 is 6.18 Å². The van der Waals surface area contributed by atoms with Gasteiger partial charge in [-0.2, -0.15) is 18.3 Å². The van der Waals surface area contributed by atoms with E-state index in [-0.39, 0.29) is 35.0 Å². The lowest BCUT2D eigenvalue weighted by Gasteiger charge is -2.54. The van der Waals surface area contributed by atoms with Crippen LogP contribution < -0.4 is 0 Å². The van der Waals surface area contributed by atoms with Crippen LogP contribution >= 0.6 is 0 Å². The normalized spacial score (nSPS) is 39.9. The summed E-state index contributed by atoms with van der Waals surface area (Å²) >= 11 is 0. The van der Waals surface area contributed by atoms with Gasteiger partial charge in [-0.1, -0.05) is 20.3 Å². The summed E-state index contributed by atoms with van der Waals surface area (Å²) in [5, 5.41) is 22.5. The summed E-state index contributed by atoms with van der Waals surface area (Å²) < 4.78 is 40.0. The fraction of sp³-hybridized carbons (Fsp3) is 0.815. The average molecular weight is 496 g/mol. The van der Waals surface area contributed by atoms with E-state index in [2.05, 4.69) is 18.9 Å². The predicted octanol–water partition coefficient (Wildman–Crippen LogP) is 6.29. The average Bonchev–Trinajstić information content (AvgIpc) is 3.37. The largest absolute Gasteiger partial charge is 0.419 e. The van der Waals surface area contributed by atoms with Crippen LogP contribution in [0.1, 0.15) is 90.5 Å². The first kappa shape index (κ1) is 26.4. The minimum Gasteiger partial charge on any atom is -0.390 e. The van der Waals surface area contributed by atoms with Crippen LogP contribution in [0.5, 0.6) is 0 Å². The van der Waals surface area contributed by atoms with E-state index in [1.54, 1.807) is 0 Å². The summed E-state index contributed by atoms with van der Waals surface area (Å²) in [5.74, 6) is 0.665. The zero-order valence-electron chi connectivity index (χ0n) is 21.2. The number of hydrogen-bond acceptors (Lipinski definition) is 4. The highest BCUT2D eigenvalue weighted by Gasteiger charge is 2.52. The molecule has 3 aliphatic rings. The fourth-order valence-electron chi connectivity index (χ4n) is 7.77. The molecule has 0 unspecified atom stereocenters. The maximum Gasteiger partial charge on any atom is 0.419 e. The van der Waals surface area contributed by atoms with E-state index >= 15 is 0 Å². The molecule has 1 aromatic rings. The molecule has 0 spiro atoms. The Kier molecular flexibility index (Phi) is 7.01. The van der Waals surface area contributed by atoms with Crippen molar-refractivity contribution in [2.24, 2.45) is 34.5 Å². The lowest BCUT2D eigenvalue weighted by molar-refractivity contribution is -0.137. The number of aromatic nitrogens is 2. The Morgan fingerprint density at radius 1 is 1.23 bits per heavy atom. The van der Waals surface area contributed by atoms with Gasteiger partial charge in [-0.3, -0.25) is 9.48 Å². The van der Waals surface area contributed by atoms with Gasteiger partial charge in [0.05, 0.1) is 23.9 Å². The number of alkyl halides is 3. The topological polar surface area (TPSA) is 79.0 Å². The second kappa shape index (κ2) is 9.31. The smallest absolute Gasteiger partial charge is 0.390 e. The molecule has 3 fully saturated rings. The molecule has 0 amide bonds. The summed E-state index contributed by atoms with van der Waals surface area (Å²) in [4.78, 5) is 13.3. The van der Waals surface area contributed by atoms with Gasteiger partial charge in [-0.25, -0.2) is 0 Å². The quantitative estimate of drug-likeness (QED) is 0.436. The number of aliphatic hydroxyl groups is 1. The zero-order chi connectivity index (χ0) is 25.6. The number of rotatable bonds is 7. The third-order valence-electron chi connectivity index (χ3n) is 10.2. The summed E-state index contributed by atoms with van der Waals surface area (Å²) in [6.07, 6.45) is 8.09. The van der Waals surface area contributed by atoms with Gasteiger partial charge in [-0.05, 0) is 99.5 Å². The number of hydrogen-bond donors (Lipinski definition) is 2. The number of carbonyl (C=O) groups is 1. The van der Waals surface area contributed by atoms with Crippen LogP contribution in [-0.2, 0) is 17.5 Å². The summed E-state index contributed by atoms with van der Waals surface area (Å²) in [7, 11) is 0. The molecule has 0 saturated heterocycles. The maximum atomic E-state index is 13.3. The number of carbonyl (C=O) groups excluding carboxylic acids is 1. The van der Waals surface area contributed by atoms with Crippen molar-refractivity contribution in [3.8, 4) is 0 Å². The van der Waals surface area contributed by atoms with Crippen molar-refractivity contribution in [3.05, 3.63) is 18.0 Å². The van der Waals surface area contributed by atoms with Crippen LogP contribution in [0.25, 0.3) is 0 Å². The molecule has 0 bridgehead atoms. The molecule has 7 atom stereocenters. The first-order chi connectivity index (χ1) is 16.3. The summed E-state index contributed by atoms with van der Waals surface area (Å²) in [6.45, 7) is 6.29. The molecule has 0 radical (unpaired) electrons. The molecule has 1 aromatic heterocycles. The lowest BCUT2D eigenvalue weighted by atomic mass is 9.52. The number of fused-ring (bicyclic) bond motifs is 1. The molecule has 0 aliphatic heterocycles. The first-order valence-corrected chi connectivity index (χ1v) is 13.1. The van der Waals surface area contributed by atoms with Crippen molar-refractivity contribution < 1.29 is 23.1 Å². The van der Waals surface area contributed by atoms with E-state index in [1.807, 2.05) is 6.92 Å². The molecule has 35 heavy (non-hydrogen) atoms. The molecule has 3 aliphatic carbocycles. The van der Waals surface area contributed by atoms with E-state index in [0.717, 1.165) is 74.9 Å². The highest BCUT2D eigenvalue weighted by Crippen LogP contribution is 2.58. The van der Waals surface area contributed by atoms with Gasteiger partial charge in [0.25, 0.3) is 0 Å². The highest BCUT2D eigenvalue weighted by molar-refractivity contribution is 5.83. The van der Waals surface area contributed by atoms with Gasteiger partial charge in [0.1, 0.15) is 0 Å². The lowest BCUT2D eigenvalue weighted by Crippen LogP contribution is -2.48. The monoisotopic (exact) mass is 495 g/mol. The van der Waals surface area contributed by atoms with Gasteiger partial charge in [0, 0.05) is 12.1 Å². The first-order valence-electron chi connectivity index (χ1n) is 13.1. The van der Waals surface area contributed by atoms with Crippen molar-refractivity contribution >= 4 is 12.0 Å². The van der Waals surface area contributed by atoms with Crippen LogP contribution in [0, 0.1) is 39.9 Å². The molecule has 196 valence electrons. The maximum absolute atomic E-state index is 13.3. The zero-order valence-corrected chi connectivity index (χ0v) is 21.2. The standard InChI is InChI=1S/C27H40F3N3O2/c1-24(35)11-12-25(2)18(5-4-6-19(25)13-24)9-10-26(3)20(14-31)7-8-22(26)23(34)17-33-16-21(15-32-33)27(28,29)30/h14-16,18-20,22,31,35H,4-13,17H2,1-3H3/t18-,19-,20+,22-,24-,25-,26+/m1/s1. The fourth-order valence-corrected chi connectivity index (χ4v) is 7.77.